The van der Waals surface area contributed by atoms with Crippen molar-refractivity contribution in [1.82, 2.24) is 25.2 Å². The summed E-state index contributed by atoms with van der Waals surface area (Å²) in [5.74, 6) is -0.442. The van der Waals surface area contributed by atoms with Gasteiger partial charge in [-0.05, 0) is 17.7 Å². The lowest BCUT2D eigenvalue weighted by Crippen LogP contribution is -2.06. The molecule has 4 aromatic rings. The number of rotatable bonds is 7. The van der Waals surface area contributed by atoms with Crippen molar-refractivity contribution < 1.29 is 18.9 Å². The van der Waals surface area contributed by atoms with Crippen LogP contribution in [0.5, 0.6) is 0 Å². The molecule has 11 heteroatoms. The van der Waals surface area contributed by atoms with Crippen LogP contribution >= 0.6 is 0 Å². The number of non-ortho nitro benzene ring substituents is 1. The van der Waals surface area contributed by atoms with E-state index in [2.05, 4.69) is 20.5 Å². The summed E-state index contributed by atoms with van der Waals surface area (Å²) in [5, 5.41) is 26.1. The summed E-state index contributed by atoms with van der Waals surface area (Å²) in [7, 11) is 0. The zero-order valence-electron chi connectivity index (χ0n) is 15.4. The van der Waals surface area contributed by atoms with Gasteiger partial charge in [-0.2, -0.15) is 0 Å². The summed E-state index contributed by atoms with van der Waals surface area (Å²) in [6.07, 6.45) is 1.49. The average molecular weight is 406 g/mol. The van der Waals surface area contributed by atoms with E-state index in [9.17, 15) is 14.9 Å². The summed E-state index contributed by atoms with van der Waals surface area (Å²) in [6.45, 7) is 0.230. The van der Waals surface area contributed by atoms with Gasteiger partial charge in [0.15, 0.2) is 12.3 Å². The number of nitro benzene ring substituents is 1. The molecule has 11 nitrogen and oxygen atoms in total. The molecule has 30 heavy (non-hydrogen) atoms. The number of benzene rings is 2. The molecule has 0 amide bonds. The maximum absolute atomic E-state index is 12.2. The zero-order valence-corrected chi connectivity index (χ0v) is 15.4. The van der Waals surface area contributed by atoms with Crippen molar-refractivity contribution >= 4 is 11.7 Å². The van der Waals surface area contributed by atoms with Crippen molar-refractivity contribution in [3.05, 3.63) is 88.1 Å². The first-order valence-electron chi connectivity index (χ1n) is 8.77. The van der Waals surface area contributed by atoms with E-state index in [1.807, 2.05) is 30.3 Å². The fourth-order valence-corrected chi connectivity index (χ4v) is 2.60. The van der Waals surface area contributed by atoms with Crippen LogP contribution in [0.1, 0.15) is 21.9 Å². The Kier molecular flexibility index (Phi) is 5.24. The molecule has 0 aliphatic heterocycles. The van der Waals surface area contributed by atoms with Crippen LogP contribution in [0.2, 0.25) is 0 Å². The second-order valence-electron chi connectivity index (χ2n) is 6.17. The maximum Gasteiger partial charge on any atom is 0.361 e. The molecule has 0 radical (unpaired) electrons. The van der Waals surface area contributed by atoms with Crippen molar-refractivity contribution in [3.8, 4) is 11.5 Å². The molecule has 150 valence electrons. The summed E-state index contributed by atoms with van der Waals surface area (Å²) in [5.41, 5.74) is 1.54. The first-order valence-corrected chi connectivity index (χ1v) is 8.77. The molecule has 0 saturated carbocycles. The van der Waals surface area contributed by atoms with Crippen molar-refractivity contribution in [1.29, 1.82) is 0 Å². The number of hydrogen-bond acceptors (Lipinski definition) is 9. The van der Waals surface area contributed by atoms with Gasteiger partial charge in [0.2, 0.25) is 5.89 Å². The molecular formula is C19H14N6O5. The fourth-order valence-electron chi connectivity index (χ4n) is 2.60. The van der Waals surface area contributed by atoms with Crippen LogP contribution in [0.3, 0.4) is 0 Å². The maximum atomic E-state index is 12.2. The number of hydrogen-bond donors (Lipinski definition) is 0. The summed E-state index contributed by atoms with van der Waals surface area (Å²) >= 11 is 0. The Hall–Kier alpha value is -4.41. The van der Waals surface area contributed by atoms with Gasteiger partial charge in [0.1, 0.15) is 0 Å². The van der Waals surface area contributed by atoms with Crippen LogP contribution < -0.4 is 0 Å². The SMILES string of the molecule is O=C(OCc1nnc(-c2ccc([N+](=O)[O-])cc2)o1)c1cn(Cc2ccccc2)nn1. The topological polar surface area (TPSA) is 139 Å². The van der Waals surface area contributed by atoms with Gasteiger partial charge in [-0.1, -0.05) is 35.5 Å². The van der Waals surface area contributed by atoms with Crippen molar-refractivity contribution in [3.63, 3.8) is 0 Å². The van der Waals surface area contributed by atoms with E-state index in [1.54, 1.807) is 0 Å². The molecule has 0 N–H and O–H groups in total. The third kappa shape index (κ3) is 4.35. The monoisotopic (exact) mass is 406 g/mol. The molecule has 0 saturated heterocycles. The van der Waals surface area contributed by atoms with Crippen molar-refractivity contribution in [2.45, 2.75) is 13.2 Å². The summed E-state index contributed by atoms with van der Waals surface area (Å²) in [4.78, 5) is 22.4. The van der Waals surface area contributed by atoms with E-state index in [0.717, 1.165) is 5.56 Å². The van der Waals surface area contributed by atoms with Crippen LogP contribution in [0, 0.1) is 10.1 Å². The molecule has 4 rings (SSSR count). The molecule has 0 spiro atoms. The van der Waals surface area contributed by atoms with Crippen LogP contribution in [-0.2, 0) is 17.9 Å². The van der Waals surface area contributed by atoms with Crippen molar-refractivity contribution in [2.24, 2.45) is 0 Å². The Labute approximate surface area is 169 Å². The van der Waals surface area contributed by atoms with E-state index in [-0.39, 0.29) is 29.8 Å². The molecule has 2 aromatic carbocycles. The minimum Gasteiger partial charge on any atom is -0.451 e. The number of aromatic nitrogens is 5. The smallest absolute Gasteiger partial charge is 0.361 e. The quantitative estimate of drug-likeness (QED) is 0.257. The minimum atomic E-state index is -0.676. The Morgan fingerprint density at radius 1 is 1.07 bits per heavy atom. The number of carbonyl (C=O) groups is 1. The molecule has 2 heterocycles. The van der Waals surface area contributed by atoms with Crippen LogP contribution in [-0.4, -0.2) is 36.1 Å². The standard InChI is InChI=1S/C19H14N6O5/c26-19(16-11-24(23-20-16)10-13-4-2-1-3-5-13)29-12-17-21-22-18(30-17)14-6-8-15(9-7-14)25(27)28/h1-9,11H,10,12H2. The third-order valence-corrected chi connectivity index (χ3v) is 4.05. The molecule has 0 atom stereocenters. The highest BCUT2D eigenvalue weighted by atomic mass is 16.6. The second-order valence-corrected chi connectivity index (χ2v) is 6.17. The Bertz CT molecular complexity index is 1170. The average Bonchev–Trinajstić information content (AvgIpc) is 3.43. The highest BCUT2D eigenvalue weighted by Gasteiger charge is 2.16. The molecule has 0 aliphatic rings. The number of esters is 1. The van der Waals surface area contributed by atoms with E-state index in [1.165, 1.54) is 35.1 Å². The third-order valence-electron chi connectivity index (χ3n) is 4.05. The van der Waals surface area contributed by atoms with E-state index < -0.39 is 10.9 Å². The van der Waals surface area contributed by atoms with Crippen LogP contribution in [0.25, 0.3) is 11.5 Å². The number of nitro groups is 1. The lowest BCUT2D eigenvalue weighted by atomic mass is 10.2. The van der Waals surface area contributed by atoms with Gasteiger partial charge in [-0.25, -0.2) is 9.48 Å². The molecule has 0 bridgehead atoms. The summed E-state index contributed by atoms with van der Waals surface area (Å²) in [6, 6.07) is 15.3. The van der Waals surface area contributed by atoms with E-state index in [4.69, 9.17) is 9.15 Å². The highest BCUT2D eigenvalue weighted by molar-refractivity contribution is 5.86. The molecule has 2 aromatic heterocycles. The molecular weight excluding hydrogens is 392 g/mol. The number of nitrogens with zero attached hydrogens (tertiary/aromatic N) is 6. The molecule has 0 unspecified atom stereocenters. The first-order chi connectivity index (χ1) is 14.6. The first kappa shape index (κ1) is 18.9. The highest BCUT2D eigenvalue weighted by Crippen LogP contribution is 2.21. The van der Waals surface area contributed by atoms with Gasteiger partial charge in [0.25, 0.3) is 11.6 Å². The largest absolute Gasteiger partial charge is 0.451 e. The van der Waals surface area contributed by atoms with Crippen molar-refractivity contribution in [2.75, 3.05) is 0 Å². The van der Waals surface area contributed by atoms with Gasteiger partial charge in [0.05, 0.1) is 17.7 Å². The Balaban J connectivity index is 1.35. The number of ether oxygens (including phenoxy) is 1. The normalized spacial score (nSPS) is 10.7. The lowest BCUT2D eigenvalue weighted by molar-refractivity contribution is -0.384. The van der Waals surface area contributed by atoms with E-state index >= 15 is 0 Å². The van der Waals surface area contributed by atoms with Gasteiger partial charge in [-0.15, -0.1) is 15.3 Å². The predicted octanol–water partition coefficient (Wildman–Crippen LogP) is 2.64. The predicted molar refractivity (Wildman–Crippen MR) is 101 cm³/mol. The summed E-state index contributed by atoms with van der Waals surface area (Å²) < 4.78 is 12.1. The Morgan fingerprint density at radius 3 is 2.57 bits per heavy atom. The Morgan fingerprint density at radius 2 is 1.83 bits per heavy atom. The van der Waals surface area contributed by atoms with E-state index in [0.29, 0.717) is 12.1 Å². The lowest BCUT2D eigenvalue weighted by Gasteiger charge is -2.00. The fraction of sp³-hybridized carbons (Fsp3) is 0.105. The van der Waals surface area contributed by atoms with Crippen LogP contribution in [0.15, 0.2) is 65.2 Å². The van der Waals surface area contributed by atoms with Crippen LogP contribution in [0.4, 0.5) is 5.69 Å². The van der Waals surface area contributed by atoms with Gasteiger partial charge in [-0.3, -0.25) is 10.1 Å². The minimum absolute atomic E-state index is 0.0484. The second kappa shape index (κ2) is 8.31. The van der Waals surface area contributed by atoms with Gasteiger partial charge >= 0.3 is 5.97 Å². The van der Waals surface area contributed by atoms with Gasteiger partial charge in [0, 0.05) is 17.7 Å². The number of carbonyl (C=O) groups excluding carboxylic acids is 1. The molecule has 0 fully saturated rings. The zero-order chi connectivity index (χ0) is 20.9. The molecule has 0 aliphatic carbocycles. The van der Waals surface area contributed by atoms with Gasteiger partial charge < -0.3 is 9.15 Å².